The summed E-state index contributed by atoms with van der Waals surface area (Å²) < 4.78 is 12.6. The van der Waals surface area contributed by atoms with Crippen LogP contribution in [-0.2, 0) is 33.6 Å². The molecule has 0 heterocycles. The summed E-state index contributed by atoms with van der Waals surface area (Å²) in [5.74, 6) is -0.490. The summed E-state index contributed by atoms with van der Waals surface area (Å²) in [6.07, 6.45) is 9.12. The Labute approximate surface area is 180 Å². The van der Waals surface area contributed by atoms with Crippen LogP contribution in [0.25, 0.3) is 0 Å². The van der Waals surface area contributed by atoms with Crippen LogP contribution in [-0.4, -0.2) is 11.9 Å². The summed E-state index contributed by atoms with van der Waals surface area (Å²) in [4.78, 5) is 25.8. The molecule has 1 atom stereocenters. The summed E-state index contributed by atoms with van der Waals surface area (Å²) in [5.41, 5.74) is 4.92. The van der Waals surface area contributed by atoms with Gasteiger partial charge >= 0.3 is 181 Å². The van der Waals surface area contributed by atoms with Gasteiger partial charge in [0.2, 0.25) is 0 Å². The molecule has 0 fully saturated rings. The van der Waals surface area contributed by atoms with Gasteiger partial charge in [-0.25, -0.2) is 0 Å². The third kappa shape index (κ3) is 4.74. The molecular formula is C24H38O4Ti. The number of hydrogen-bond acceptors (Lipinski definition) is 4. The van der Waals surface area contributed by atoms with Crippen molar-refractivity contribution in [2.45, 2.75) is 102 Å². The fraction of sp³-hybridized carbons (Fsp3) is 0.750. The van der Waals surface area contributed by atoms with Crippen LogP contribution in [0.3, 0.4) is 0 Å². The Morgan fingerprint density at radius 3 is 1.90 bits per heavy atom. The molecule has 3 rings (SSSR count). The second-order valence-electron chi connectivity index (χ2n) is 11.2. The molecule has 0 aromatic rings. The Bertz CT molecular complexity index is 733. The molecule has 1 unspecified atom stereocenters. The summed E-state index contributed by atoms with van der Waals surface area (Å²) >= 11 is -3.78. The standard InChI is InChI=1S/C13H17.2C5H10O2.CH3.Ti/c1-3-7-12-10(5-1)9-11-6-2-4-8-13(11)12;2*1-5(2,3)4(6)7;;/h5H,1-4,6-9H2;2*1-3H3,(H,6,7);1H3;/q;;;;+2/p-2. The van der Waals surface area contributed by atoms with E-state index in [9.17, 15) is 9.59 Å². The van der Waals surface area contributed by atoms with Crippen molar-refractivity contribution in [2.24, 2.45) is 10.8 Å². The van der Waals surface area contributed by atoms with Gasteiger partial charge in [-0.2, -0.15) is 0 Å². The molecule has 162 valence electrons. The van der Waals surface area contributed by atoms with Crippen LogP contribution < -0.4 is 0 Å². The van der Waals surface area contributed by atoms with E-state index in [4.69, 9.17) is 6.64 Å². The van der Waals surface area contributed by atoms with Gasteiger partial charge in [0.25, 0.3) is 0 Å². The van der Waals surface area contributed by atoms with Gasteiger partial charge in [0.05, 0.1) is 0 Å². The molecule has 3 aliphatic carbocycles. The fourth-order valence-corrected chi connectivity index (χ4v) is 9.95. The first-order valence-corrected chi connectivity index (χ1v) is 15.0. The van der Waals surface area contributed by atoms with E-state index in [0.717, 1.165) is 25.7 Å². The molecular weight excluding hydrogens is 400 g/mol. The van der Waals surface area contributed by atoms with Crippen LogP contribution in [0.4, 0.5) is 0 Å². The summed E-state index contributed by atoms with van der Waals surface area (Å²) in [6, 6.07) is 0. The molecule has 0 amide bonds. The number of carbonyl (C=O) groups is 2. The molecule has 0 bridgehead atoms. The van der Waals surface area contributed by atoms with E-state index in [1.807, 2.05) is 46.8 Å². The van der Waals surface area contributed by atoms with Crippen molar-refractivity contribution in [3.8, 4) is 0 Å². The van der Waals surface area contributed by atoms with E-state index in [1.54, 1.807) is 11.1 Å². The van der Waals surface area contributed by atoms with E-state index >= 15 is 0 Å². The maximum atomic E-state index is 12.9. The Morgan fingerprint density at radius 2 is 1.34 bits per heavy atom. The predicted molar refractivity (Wildman–Crippen MR) is 112 cm³/mol. The molecule has 0 radical (unpaired) electrons. The van der Waals surface area contributed by atoms with Gasteiger partial charge in [-0.1, -0.05) is 0 Å². The molecule has 0 aliphatic heterocycles. The van der Waals surface area contributed by atoms with E-state index in [1.165, 1.54) is 36.8 Å². The van der Waals surface area contributed by atoms with Crippen LogP contribution in [0.5, 0.6) is 0 Å². The number of allylic oxidation sites excluding steroid dienone is 4. The van der Waals surface area contributed by atoms with Gasteiger partial charge in [0.1, 0.15) is 0 Å². The van der Waals surface area contributed by atoms with Crippen molar-refractivity contribution in [3.63, 3.8) is 0 Å². The average Bonchev–Trinajstić information content (AvgIpc) is 2.98. The molecule has 3 aliphatic rings. The zero-order chi connectivity index (χ0) is 21.6. The van der Waals surface area contributed by atoms with E-state index < -0.39 is 28.2 Å². The third-order valence-electron chi connectivity index (χ3n) is 6.53. The van der Waals surface area contributed by atoms with E-state index in [0.29, 0.717) is 0 Å². The van der Waals surface area contributed by atoms with Gasteiger partial charge in [0.15, 0.2) is 0 Å². The van der Waals surface area contributed by atoms with Gasteiger partial charge in [-0.05, 0) is 0 Å². The first kappa shape index (κ1) is 22.8. The van der Waals surface area contributed by atoms with Crippen LogP contribution >= 0.6 is 0 Å². The van der Waals surface area contributed by atoms with Crippen LogP contribution in [0, 0.1) is 10.8 Å². The number of hydrogen-bond donors (Lipinski definition) is 0. The van der Waals surface area contributed by atoms with Gasteiger partial charge in [0, 0.05) is 0 Å². The van der Waals surface area contributed by atoms with Crippen LogP contribution in [0.15, 0.2) is 22.3 Å². The van der Waals surface area contributed by atoms with Crippen molar-refractivity contribution in [2.75, 3.05) is 0 Å². The first-order valence-electron chi connectivity index (χ1n) is 11.2. The summed E-state index contributed by atoms with van der Waals surface area (Å²) in [5, 5.41) is 1.99. The maximum absolute atomic E-state index is 12.9. The van der Waals surface area contributed by atoms with Gasteiger partial charge in [-0.3, -0.25) is 0 Å². The van der Waals surface area contributed by atoms with Crippen molar-refractivity contribution in [3.05, 3.63) is 22.3 Å². The number of fused-ring (bicyclic) bond motifs is 1. The molecule has 0 N–H and O–H groups in total. The second kappa shape index (κ2) is 8.00. The predicted octanol–water partition coefficient (Wildman–Crippen LogP) is 6.74. The van der Waals surface area contributed by atoms with Crippen LogP contribution in [0.2, 0.25) is 9.45 Å². The monoisotopic (exact) mass is 438 g/mol. The molecule has 29 heavy (non-hydrogen) atoms. The van der Waals surface area contributed by atoms with Crippen molar-refractivity contribution < 1.29 is 33.6 Å². The Morgan fingerprint density at radius 1 is 0.828 bits per heavy atom. The summed E-state index contributed by atoms with van der Waals surface area (Å²) in [7, 11) is 0. The van der Waals surface area contributed by atoms with Crippen molar-refractivity contribution in [1.82, 2.24) is 0 Å². The molecule has 0 saturated carbocycles. The molecule has 4 nitrogen and oxygen atoms in total. The third-order valence-corrected chi connectivity index (χ3v) is 11.3. The zero-order valence-corrected chi connectivity index (χ0v) is 20.9. The van der Waals surface area contributed by atoms with E-state index in [-0.39, 0.29) is 16.2 Å². The first-order chi connectivity index (χ1) is 13.3. The minimum absolute atomic E-state index is 0.113. The SMILES string of the molecule is CC(C)(C)C(=O)[O][Ti]([CH3])([O]C(=O)C(C)(C)C)[CH]1CCCC2=C1CC1=C2CCCC1. The second-order valence-corrected chi connectivity index (χ2v) is 16.1. The van der Waals surface area contributed by atoms with Crippen molar-refractivity contribution >= 4 is 11.9 Å². The zero-order valence-electron chi connectivity index (χ0n) is 19.4. The summed E-state index contributed by atoms with van der Waals surface area (Å²) in [6.45, 7) is 11.2. The number of rotatable bonds is 3. The molecule has 0 spiro atoms. The topological polar surface area (TPSA) is 52.6 Å². The normalized spacial score (nSPS) is 22.9. The Hall–Kier alpha value is -0.866. The molecule has 0 aromatic carbocycles. The van der Waals surface area contributed by atoms with Crippen LogP contribution in [0.1, 0.15) is 92.9 Å². The molecule has 5 heteroatoms. The minimum atomic E-state index is -3.78. The van der Waals surface area contributed by atoms with Gasteiger partial charge < -0.3 is 0 Å². The quantitative estimate of drug-likeness (QED) is 0.458. The molecule has 0 aromatic heterocycles. The molecule has 0 saturated heterocycles. The average molecular weight is 438 g/mol. The van der Waals surface area contributed by atoms with E-state index in [2.05, 4.69) is 0 Å². The van der Waals surface area contributed by atoms with Gasteiger partial charge in [-0.15, -0.1) is 0 Å². The Balaban J connectivity index is 1.96. The number of carbonyl (C=O) groups excluding carboxylic acids is 2. The van der Waals surface area contributed by atoms with Crippen molar-refractivity contribution in [1.29, 1.82) is 0 Å². The Kier molecular flexibility index (Phi) is 6.29. The fourth-order valence-electron chi connectivity index (χ4n) is 4.78.